The molecule has 2 aliphatic rings. The Labute approximate surface area is 185 Å². The normalized spacial score (nSPS) is 17.9. The highest BCUT2D eigenvalue weighted by atomic mass is 32.1. The second kappa shape index (κ2) is 7.76. The molecule has 4 heterocycles. The van der Waals surface area contributed by atoms with Crippen LogP contribution in [-0.2, 0) is 19.4 Å². The van der Waals surface area contributed by atoms with Gasteiger partial charge < -0.3 is 15.6 Å². The molecule has 0 spiro atoms. The molecule has 4 aromatic rings. The molecule has 31 heavy (non-hydrogen) atoms. The third-order valence-electron chi connectivity index (χ3n) is 6.52. The number of aromatic nitrogens is 4. The summed E-state index contributed by atoms with van der Waals surface area (Å²) in [6, 6.07) is 8.21. The van der Waals surface area contributed by atoms with Crippen molar-refractivity contribution in [2.45, 2.75) is 38.6 Å². The number of aromatic amines is 1. The van der Waals surface area contributed by atoms with Crippen molar-refractivity contribution in [3.05, 3.63) is 40.5 Å². The number of benzene rings is 1. The molecular weight excluding hydrogens is 406 g/mol. The predicted octanol–water partition coefficient (Wildman–Crippen LogP) is 3.74. The van der Waals surface area contributed by atoms with Gasteiger partial charge >= 0.3 is 0 Å². The van der Waals surface area contributed by atoms with Gasteiger partial charge in [0, 0.05) is 31.1 Å². The number of anilines is 2. The number of thiophene rings is 1. The Morgan fingerprint density at radius 3 is 2.81 bits per heavy atom. The molecular formula is C23H27N7S. The maximum absolute atomic E-state index is 6.41. The average molecular weight is 434 g/mol. The van der Waals surface area contributed by atoms with Crippen molar-refractivity contribution in [3.63, 3.8) is 0 Å². The zero-order valence-electron chi connectivity index (χ0n) is 17.6. The zero-order valence-corrected chi connectivity index (χ0v) is 18.4. The van der Waals surface area contributed by atoms with Gasteiger partial charge in [0.2, 0.25) is 5.95 Å². The number of aryl methyl sites for hydroxylation is 2. The number of H-pyrrole nitrogens is 1. The van der Waals surface area contributed by atoms with Gasteiger partial charge in [0.05, 0.1) is 23.0 Å². The van der Waals surface area contributed by atoms with Gasteiger partial charge in [-0.25, -0.2) is 15.0 Å². The van der Waals surface area contributed by atoms with Crippen LogP contribution in [-0.4, -0.2) is 51.0 Å². The van der Waals surface area contributed by atoms with E-state index in [-0.39, 0.29) is 0 Å². The van der Waals surface area contributed by atoms with Crippen LogP contribution in [0.4, 0.5) is 11.8 Å². The number of hydrogen-bond acceptors (Lipinski definition) is 7. The van der Waals surface area contributed by atoms with E-state index in [1.54, 1.807) is 0 Å². The van der Waals surface area contributed by atoms with Gasteiger partial charge in [-0.05, 0) is 49.8 Å². The van der Waals surface area contributed by atoms with Crippen molar-refractivity contribution in [3.8, 4) is 0 Å². The summed E-state index contributed by atoms with van der Waals surface area (Å²) in [5.74, 6) is 2.48. The minimum Gasteiger partial charge on any atom is -0.383 e. The van der Waals surface area contributed by atoms with Crippen LogP contribution in [0.15, 0.2) is 24.3 Å². The third-order valence-corrected chi connectivity index (χ3v) is 7.70. The Hall–Kier alpha value is -2.71. The molecule has 8 heteroatoms. The van der Waals surface area contributed by atoms with E-state index in [9.17, 15) is 0 Å². The van der Waals surface area contributed by atoms with Gasteiger partial charge in [-0.15, -0.1) is 11.3 Å². The van der Waals surface area contributed by atoms with Crippen molar-refractivity contribution in [2.75, 3.05) is 36.8 Å². The first-order chi connectivity index (χ1) is 15.2. The first kappa shape index (κ1) is 19.0. The summed E-state index contributed by atoms with van der Waals surface area (Å²) in [4.78, 5) is 25.2. The largest absolute Gasteiger partial charge is 0.383 e. The standard InChI is InChI=1S/C23H27N7S/c24-21-20-15-6-1-4-9-18(15)31-22(20)28-19(27-21)14-29-10-5-11-30(13-12-29)23-25-16-7-2-3-8-17(16)26-23/h2-3,7-8H,1,4-6,9-14H2,(H,25,26)(H2,24,27,28). The lowest BCUT2D eigenvalue weighted by Crippen LogP contribution is -2.31. The van der Waals surface area contributed by atoms with E-state index in [0.29, 0.717) is 5.82 Å². The van der Waals surface area contributed by atoms with Crippen LogP contribution >= 0.6 is 11.3 Å². The molecule has 1 aliphatic heterocycles. The Balaban J connectivity index is 1.19. The highest BCUT2D eigenvalue weighted by molar-refractivity contribution is 7.19. The fraction of sp³-hybridized carbons (Fsp3) is 0.435. The smallest absolute Gasteiger partial charge is 0.203 e. The summed E-state index contributed by atoms with van der Waals surface area (Å²) in [7, 11) is 0. The van der Waals surface area contributed by atoms with Gasteiger partial charge in [0.1, 0.15) is 16.5 Å². The number of nitrogens with one attached hydrogen (secondary N) is 1. The van der Waals surface area contributed by atoms with E-state index in [0.717, 1.165) is 85.0 Å². The van der Waals surface area contributed by atoms with Crippen LogP contribution in [0.3, 0.4) is 0 Å². The zero-order chi connectivity index (χ0) is 20.8. The average Bonchev–Trinajstić information content (AvgIpc) is 3.29. The Kier molecular flexibility index (Phi) is 4.76. The molecule has 1 saturated heterocycles. The molecule has 3 aromatic heterocycles. The molecule has 0 saturated carbocycles. The molecule has 160 valence electrons. The third kappa shape index (κ3) is 3.53. The van der Waals surface area contributed by atoms with Crippen LogP contribution < -0.4 is 10.6 Å². The summed E-state index contributed by atoms with van der Waals surface area (Å²) in [5.41, 5.74) is 9.94. The maximum atomic E-state index is 6.41. The fourth-order valence-electron chi connectivity index (χ4n) is 4.93. The molecule has 1 fully saturated rings. The molecule has 0 amide bonds. The lowest BCUT2D eigenvalue weighted by Gasteiger charge is -2.21. The summed E-state index contributed by atoms with van der Waals surface area (Å²) >= 11 is 1.82. The van der Waals surface area contributed by atoms with Crippen molar-refractivity contribution in [1.82, 2.24) is 24.8 Å². The highest BCUT2D eigenvalue weighted by Gasteiger charge is 2.22. The molecule has 0 unspecified atom stereocenters. The lowest BCUT2D eigenvalue weighted by molar-refractivity contribution is 0.279. The monoisotopic (exact) mass is 433 g/mol. The molecule has 6 rings (SSSR count). The number of para-hydroxylation sites is 2. The molecule has 7 nitrogen and oxygen atoms in total. The minimum absolute atomic E-state index is 0.665. The second-order valence-electron chi connectivity index (χ2n) is 8.61. The van der Waals surface area contributed by atoms with Crippen LogP contribution in [0.1, 0.15) is 35.5 Å². The summed E-state index contributed by atoms with van der Waals surface area (Å²) in [5, 5.41) is 1.12. The predicted molar refractivity (Wildman–Crippen MR) is 127 cm³/mol. The molecule has 3 N–H and O–H groups in total. The SMILES string of the molecule is Nc1nc(CN2CCCN(c3nc4ccccc4[nH]3)CC2)nc2sc3c(c12)CCCC3. The fourth-order valence-corrected chi connectivity index (χ4v) is 6.22. The van der Waals surface area contributed by atoms with Crippen LogP contribution in [0.2, 0.25) is 0 Å². The summed E-state index contributed by atoms with van der Waals surface area (Å²) in [6.07, 6.45) is 5.88. The van der Waals surface area contributed by atoms with E-state index < -0.39 is 0 Å². The van der Waals surface area contributed by atoms with Gasteiger partial charge in [-0.3, -0.25) is 4.90 Å². The summed E-state index contributed by atoms with van der Waals surface area (Å²) < 4.78 is 0. The van der Waals surface area contributed by atoms with Gasteiger partial charge in [-0.2, -0.15) is 0 Å². The van der Waals surface area contributed by atoms with Crippen molar-refractivity contribution >= 4 is 44.4 Å². The molecule has 1 aromatic carbocycles. The molecule has 1 aliphatic carbocycles. The van der Waals surface area contributed by atoms with Crippen molar-refractivity contribution < 1.29 is 0 Å². The Morgan fingerprint density at radius 1 is 0.968 bits per heavy atom. The van der Waals surface area contributed by atoms with E-state index in [2.05, 4.69) is 26.9 Å². The Bertz CT molecular complexity index is 1210. The van der Waals surface area contributed by atoms with E-state index in [1.807, 2.05) is 23.5 Å². The van der Waals surface area contributed by atoms with Gasteiger partial charge in [-0.1, -0.05) is 12.1 Å². The van der Waals surface area contributed by atoms with Gasteiger partial charge in [0.25, 0.3) is 0 Å². The number of nitrogen functional groups attached to an aromatic ring is 1. The highest BCUT2D eigenvalue weighted by Crippen LogP contribution is 2.37. The van der Waals surface area contributed by atoms with E-state index in [4.69, 9.17) is 20.7 Å². The second-order valence-corrected chi connectivity index (χ2v) is 9.69. The number of hydrogen-bond donors (Lipinski definition) is 2. The number of imidazole rings is 1. The first-order valence-electron chi connectivity index (χ1n) is 11.2. The minimum atomic E-state index is 0.665. The molecule has 0 atom stereocenters. The number of nitrogens with zero attached hydrogens (tertiary/aromatic N) is 5. The Morgan fingerprint density at radius 2 is 1.87 bits per heavy atom. The van der Waals surface area contributed by atoms with Crippen LogP contribution in [0.25, 0.3) is 21.3 Å². The maximum Gasteiger partial charge on any atom is 0.203 e. The molecule has 0 bridgehead atoms. The van der Waals surface area contributed by atoms with Crippen LogP contribution in [0, 0.1) is 0 Å². The topological polar surface area (TPSA) is 87.0 Å². The van der Waals surface area contributed by atoms with Gasteiger partial charge in [0.15, 0.2) is 0 Å². The van der Waals surface area contributed by atoms with E-state index in [1.165, 1.54) is 23.3 Å². The van der Waals surface area contributed by atoms with E-state index >= 15 is 0 Å². The number of nitrogens with two attached hydrogens (primary N) is 1. The molecule has 0 radical (unpaired) electrons. The van der Waals surface area contributed by atoms with Crippen molar-refractivity contribution in [2.24, 2.45) is 0 Å². The number of fused-ring (bicyclic) bond motifs is 4. The quantitative estimate of drug-likeness (QED) is 0.512. The first-order valence-corrected chi connectivity index (χ1v) is 12.0. The number of rotatable bonds is 3. The van der Waals surface area contributed by atoms with Crippen LogP contribution in [0.5, 0.6) is 0 Å². The lowest BCUT2D eigenvalue weighted by atomic mass is 9.97. The van der Waals surface area contributed by atoms with Crippen molar-refractivity contribution in [1.29, 1.82) is 0 Å². The summed E-state index contributed by atoms with van der Waals surface area (Å²) in [6.45, 7) is 4.66.